The Hall–Kier alpha value is -1.98. The molecule has 86 valence electrons. The first-order valence-corrected chi connectivity index (χ1v) is 4.80. The summed E-state index contributed by atoms with van der Waals surface area (Å²) in [6.07, 6.45) is 2.33. The van der Waals surface area contributed by atoms with Gasteiger partial charge >= 0.3 is 0 Å². The third-order valence-corrected chi connectivity index (χ3v) is 2.00. The summed E-state index contributed by atoms with van der Waals surface area (Å²) < 4.78 is 0. The first-order valence-electron chi connectivity index (χ1n) is 4.80. The van der Waals surface area contributed by atoms with Crippen molar-refractivity contribution in [2.24, 2.45) is 0 Å². The molecule has 0 fully saturated rings. The molecular formula is C10H12N2O4. The Balaban J connectivity index is 2.29. The molecule has 0 aromatic rings. The van der Waals surface area contributed by atoms with Crippen molar-refractivity contribution in [3.63, 3.8) is 0 Å². The summed E-state index contributed by atoms with van der Waals surface area (Å²) in [4.78, 5) is 44.9. The number of ketones is 1. The van der Waals surface area contributed by atoms with E-state index in [-0.39, 0.29) is 31.2 Å². The fourth-order valence-electron chi connectivity index (χ4n) is 1.18. The van der Waals surface area contributed by atoms with Gasteiger partial charge in [-0.05, 0) is 6.92 Å². The minimum absolute atomic E-state index is 0.00639. The Morgan fingerprint density at radius 2 is 1.81 bits per heavy atom. The molecule has 6 heteroatoms. The number of hydrogen-bond donors (Lipinski definition) is 1. The van der Waals surface area contributed by atoms with E-state index < -0.39 is 11.8 Å². The molecule has 0 saturated carbocycles. The van der Waals surface area contributed by atoms with Crippen LogP contribution in [0, 0.1) is 0 Å². The molecule has 0 radical (unpaired) electrons. The summed E-state index contributed by atoms with van der Waals surface area (Å²) in [5.74, 6) is -1.33. The first-order chi connectivity index (χ1) is 7.50. The highest BCUT2D eigenvalue weighted by molar-refractivity contribution is 6.13. The lowest BCUT2D eigenvalue weighted by Gasteiger charge is -2.12. The predicted octanol–water partition coefficient (Wildman–Crippen LogP) is -0.993. The van der Waals surface area contributed by atoms with Crippen LogP contribution in [0.2, 0.25) is 0 Å². The monoisotopic (exact) mass is 224 g/mol. The van der Waals surface area contributed by atoms with Crippen molar-refractivity contribution in [2.75, 3.05) is 13.1 Å². The second kappa shape index (κ2) is 5.20. The minimum Gasteiger partial charge on any atom is -0.349 e. The number of rotatable bonds is 5. The van der Waals surface area contributed by atoms with E-state index in [0.717, 1.165) is 17.1 Å². The highest BCUT2D eigenvalue weighted by atomic mass is 16.2. The lowest BCUT2D eigenvalue weighted by molar-refractivity contribution is -0.137. The molecule has 0 bridgehead atoms. The zero-order valence-electron chi connectivity index (χ0n) is 8.86. The highest BCUT2D eigenvalue weighted by Crippen LogP contribution is 2.03. The van der Waals surface area contributed by atoms with Crippen molar-refractivity contribution in [2.45, 2.75) is 13.3 Å². The molecule has 0 saturated heterocycles. The van der Waals surface area contributed by atoms with Crippen molar-refractivity contribution in [3.05, 3.63) is 12.2 Å². The van der Waals surface area contributed by atoms with Gasteiger partial charge in [-0.3, -0.25) is 24.1 Å². The molecule has 0 unspecified atom stereocenters. The fourth-order valence-corrected chi connectivity index (χ4v) is 1.18. The number of imide groups is 1. The molecule has 16 heavy (non-hydrogen) atoms. The number of Topliss-reactive ketones (excluding diaryl/α,β-unsaturated/α-hetero) is 1. The smallest absolute Gasteiger partial charge is 0.253 e. The van der Waals surface area contributed by atoms with E-state index in [0.29, 0.717) is 0 Å². The van der Waals surface area contributed by atoms with Gasteiger partial charge < -0.3 is 5.32 Å². The highest BCUT2D eigenvalue weighted by Gasteiger charge is 2.23. The molecule has 1 heterocycles. The van der Waals surface area contributed by atoms with Crippen LogP contribution >= 0.6 is 0 Å². The Labute approximate surface area is 92.3 Å². The van der Waals surface area contributed by atoms with E-state index in [1.165, 1.54) is 6.92 Å². The van der Waals surface area contributed by atoms with Crippen LogP contribution in [0.5, 0.6) is 0 Å². The van der Waals surface area contributed by atoms with Crippen LogP contribution in [-0.2, 0) is 19.2 Å². The number of nitrogens with one attached hydrogen (secondary N) is 1. The second-order valence-electron chi connectivity index (χ2n) is 3.39. The van der Waals surface area contributed by atoms with Gasteiger partial charge in [0.25, 0.3) is 11.8 Å². The van der Waals surface area contributed by atoms with Gasteiger partial charge in [-0.15, -0.1) is 0 Å². The minimum atomic E-state index is -0.413. The van der Waals surface area contributed by atoms with E-state index in [1.54, 1.807) is 0 Å². The third-order valence-electron chi connectivity index (χ3n) is 2.00. The Kier molecular flexibility index (Phi) is 3.93. The van der Waals surface area contributed by atoms with Gasteiger partial charge in [-0.25, -0.2) is 0 Å². The molecule has 0 aromatic carbocycles. The van der Waals surface area contributed by atoms with Gasteiger partial charge in [0.1, 0.15) is 5.78 Å². The maximum Gasteiger partial charge on any atom is 0.253 e. The van der Waals surface area contributed by atoms with Crippen molar-refractivity contribution in [1.29, 1.82) is 0 Å². The average Bonchev–Trinajstić information content (AvgIpc) is 2.53. The van der Waals surface area contributed by atoms with E-state index >= 15 is 0 Å². The zero-order chi connectivity index (χ0) is 12.1. The first kappa shape index (κ1) is 12.1. The van der Waals surface area contributed by atoms with Crippen LogP contribution in [-0.4, -0.2) is 41.5 Å². The number of amides is 3. The van der Waals surface area contributed by atoms with Crippen LogP contribution in [0.25, 0.3) is 0 Å². The Bertz CT molecular complexity index is 355. The lowest BCUT2D eigenvalue weighted by atomic mass is 10.3. The molecule has 1 aliphatic heterocycles. The second-order valence-corrected chi connectivity index (χ2v) is 3.39. The quantitative estimate of drug-likeness (QED) is 0.607. The van der Waals surface area contributed by atoms with Crippen molar-refractivity contribution in [3.8, 4) is 0 Å². The molecule has 3 amide bonds. The normalized spacial score (nSPS) is 14.4. The SMILES string of the molecule is CC(=O)CNC(=O)CCN1C(=O)C=CC1=O. The number of carbonyl (C=O) groups excluding carboxylic acids is 4. The number of hydrogen-bond acceptors (Lipinski definition) is 4. The average molecular weight is 224 g/mol. The van der Waals surface area contributed by atoms with E-state index in [4.69, 9.17) is 0 Å². The largest absolute Gasteiger partial charge is 0.349 e. The molecule has 1 aliphatic rings. The van der Waals surface area contributed by atoms with Gasteiger partial charge in [0, 0.05) is 25.1 Å². The molecule has 1 N–H and O–H groups in total. The van der Waals surface area contributed by atoms with Gasteiger partial charge in [0.05, 0.1) is 6.54 Å². The van der Waals surface area contributed by atoms with Gasteiger partial charge in [-0.2, -0.15) is 0 Å². The summed E-state index contributed by atoms with van der Waals surface area (Å²) >= 11 is 0. The summed E-state index contributed by atoms with van der Waals surface area (Å²) in [5.41, 5.74) is 0. The molecule has 1 rings (SSSR count). The van der Waals surface area contributed by atoms with E-state index in [9.17, 15) is 19.2 Å². The van der Waals surface area contributed by atoms with Gasteiger partial charge in [0.2, 0.25) is 5.91 Å². The van der Waals surface area contributed by atoms with Crippen LogP contribution in [0.1, 0.15) is 13.3 Å². The van der Waals surface area contributed by atoms with E-state index in [2.05, 4.69) is 5.32 Å². The molecule has 0 aromatic heterocycles. The number of nitrogens with zero attached hydrogens (tertiary/aromatic N) is 1. The summed E-state index contributed by atoms with van der Waals surface area (Å²) in [7, 11) is 0. The standard InChI is InChI=1S/C10H12N2O4/c1-7(13)6-11-8(14)4-5-12-9(15)2-3-10(12)16/h2-3H,4-6H2,1H3,(H,11,14). The van der Waals surface area contributed by atoms with E-state index in [1.807, 2.05) is 0 Å². The van der Waals surface area contributed by atoms with Crippen LogP contribution in [0.4, 0.5) is 0 Å². The van der Waals surface area contributed by atoms with Gasteiger partial charge in [-0.1, -0.05) is 0 Å². The lowest BCUT2D eigenvalue weighted by Crippen LogP contribution is -2.35. The van der Waals surface area contributed by atoms with Crippen molar-refractivity contribution < 1.29 is 19.2 Å². The summed E-state index contributed by atoms with van der Waals surface area (Å²) in [6, 6.07) is 0. The topological polar surface area (TPSA) is 83.6 Å². The van der Waals surface area contributed by atoms with Crippen molar-refractivity contribution in [1.82, 2.24) is 10.2 Å². The summed E-state index contributed by atoms with van der Waals surface area (Å²) in [5, 5.41) is 2.38. The fraction of sp³-hybridized carbons (Fsp3) is 0.400. The van der Waals surface area contributed by atoms with Crippen LogP contribution in [0.15, 0.2) is 12.2 Å². The van der Waals surface area contributed by atoms with Crippen LogP contribution in [0.3, 0.4) is 0 Å². The van der Waals surface area contributed by atoms with Gasteiger partial charge in [0.15, 0.2) is 0 Å². The summed E-state index contributed by atoms with van der Waals surface area (Å²) in [6.45, 7) is 1.37. The maximum atomic E-state index is 11.2. The molecule has 0 spiro atoms. The Morgan fingerprint density at radius 3 is 2.31 bits per heavy atom. The van der Waals surface area contributed by atoms with Crippen LogP contribution < -0.4 is 5.32 Å². The van der Waals surface area contributed by atoms with Crippen molar-refractivity contribution >= 4 is 23.5 Å². The molecule has 0 atom stereocenters. The molecular weight excluding hydrogens is 212 g/mol. The molecule has 0 aliphatic carbocycles. The molecule has 6 nitrogen and oxygen atoms in total. The predicted molar refractivity (Wildman–Crippen MR) is 54.2 cm³/mol. The zero-order valence-corrected chi connectivity index (χ0v) is 8.86. The number of carbonyl (C=O) groups is 4. The third kappa shape index (κ3) is 3.30. The maximum absolute atomic E-state index is 11.2. The Morgan fingerprint density at radius 1 is 1.25 bits per heavy atom.